The number of esters is 1. The fourth-order valence-corrected chi connectivity index (χ4v) is 3.01. The van der Waals surface area contributed by atoms with Gasteiger partial charge in [-0.05, 0) is 55.0 Å². The van der Waals surface area contributed by atoms with Gasteiger partial charge in [-0.25, -0.2) is 9.59 Å². The minimum absolute atomic E-state index is 0.335. The maximum atomic E-state index is 12.2. The van der Waals surface area contributed by atoms with Crippen LogP contribution in [0.2, 0.25) is 5.02 Å². The van der Waals surface area contributed by atoms with Crippen molar-refractivity contribution < 1.29 is 19.2 Å². The van der Waals surface area contributed by atoms with Crippen LogP contribution in [0.5, 0.6) is 5.75 Å². The Morgan fingerprint density at radius 1 is 0.967 bits per heavy atom. The van der Waals surface area contributed by atoms with Gasteiger partial charge in [0.15, 0.2) is 0 Å². The first-order chi connectivity index (χ1) is 14.5. The van der Waals surface area contributed by atoms with Gasteiger partial charge in [0.05, 0.1) is 11.1 Å². The molecule has 3 aromatic carbocycles. The number of halogens is 1. The molecule has 1 aliphatic rings. The Balaban J connectivity index is 1.52. The third kappa shape index (κ3) is 4.31. The van der Waals surface area contributed by atoms with Gasteiger partial charge in [0.2, 0.25) is 0 Å². The normalized spacial score (nSPS) is 14.4. The number of carbonyl (C=O) groups excluding carboxylic acids is 2. The Hall–Kier alpha value is -3.70. The molecule has 0 spiro atoms. The van der Waals surface area contributed by atoms with Crippen LogP contribution in [-0.4, -0.2) is 17.7 Å². The van der Waals surface area contributed by atoms with Crippen LogP contribution in [0, 0.1) is 6.92 Å². The molecule has 6 heteroatoms. The monoisotopic (exact) mass is 417 g/mol. The molecule has 0 aromatic heterocycles. The van der Waals surface area contributed by atoms with Crippen LogP contribution in [-0.2, 0) is 9.63 Å². The van der Waals surface area contributed by atoms with Gasteiger partial charge in [0.25, 0.3) is 0 Å². The molecule has 0 N–H and O–H groups in total. The van der Waals surface area contributed by atoms with Crippen molar-refractivity contribution in [3.63, 3.8) is 0 Å². The SMILES string of the molecule is Cc1ccc(C(=O)Oc2ccc(C=C3C(=O)ON=C3c3ccc(Cl)cc3)cc2)cc1. The highest BCUT2D eigenvalue weighted by Crippen LogP contribution is 2.23. The van der Waals surface area contributed by atoms with Gasteiger partial charge in [0, 0.05) is 10.6 Å². The lowest BCUT2D eigenvalue weighted by atomic mass is 10.0. The Morgan fingerprint density at radius 2 is 1.63 bits per heavy atom. The second-order valence-electron chi connectivity index (χ2n) is 6.71. The van der Waals surface area contributed by atoms with E-state index in [1.165, 1.54) is 0 Å². The average molecular weight is 418 g/mol. The minimum Gasteiger partial charge on any atom is -0.423 e. The van der Waals surface area contributed by atoms with Crippen LogP contribution in [0.4, 0.5) is 0 Å². The van der Waals surface area contributed by atoms with E-state index < -0.39 is 11.9 Å². The van der Waals surface area contributed by atoms with Gasteiger partial charge < -0.3 is 9.57 Å². The van der Waals surface area contributed by atoms with Gasteiger partial charge in [0.1, 0.15) is 11.5 Å². The number of carbonyl (C=O) groups is 2. The van der Waals surface area contributed by atoms with E-state index in [-0.39, 0.29) is 0 Å². The first kappa shape index (κ1) is 19.6. The Labute approximate surface area is 178 Å². The summed E-state index contributed by atoms with van der Waals surface area (Å²) in [6.45, 7) is 1.95. The molecule has 0 saturated heterocycles. The molecule has 1 heterocycles. The summed E-state index contributed by atoms with van der Waals surface area (Å²) in [5.74, 6) is -0.559. The number of hydrogen-bond donors (Lipinski definition) is 0. The third-order valence-corrected chi connectivity index (χ3v) is 4.75. The molecule has 0 amide bonds. The molecule has 0 aliphatic carbocycles. The largest absolute Gasteiger partial charge is 0.423 e. The summed E-state index contributed by atoms with van der Waals surface area (Å²) in [5.41, 5.74) is 3.77. The highest BCUT2D eigenvalue weighted by atomic mass is 35.5. The van der Waals surface area contributed by atoms with E-state index in [4.69, 9.17) is 21.2 Å². The molecule has 0 saturated carbocycles. The zero-order valence-electron chi connectivity index (χ0n) is 16.0. The molecule has 4 rings (SSSR count). The molecule has 148 valence electrons. The average Bonchev–Trinajstić information content (AvgIpc) is 3.11. The molecule has 0 radical (unpaired) electrons. The maximum Gasteiger partial charge on any atom is 0.368 e. The van der Waals surface area contributed by atoms with Crippen LogP contribution >= 0.6 is 11.6 Å². The van der Waals surface area contributed by atoms with Gasteiger partial charge in [-0.2, -0.15) is 0 Å². The summed E-state index contributed by atoms with van der Waals surface area (Å²) in [6, 6.07) is 20.9. The zero-order valence-corrected chi connectivity index (χ0v) is 16.7. The smallest absolute Gasteiger partial charge is 0.368 e. The summed E-state index contributed by atoms with van der Waals surface area (Å²) < 4.78 is 5.40. The van der Waals surface area contributed by atoms with Crippen molar-refractivity contribution in [3.8, 4) is 5.75 Å². The van der Waals surface area contributed by atoms with Gasteiger partial charge in [-0.3, -0.25) is 0 Å². The fraction of sp³-hybridized carbons (Fsp3) is 0.0417. The molecule has 0 bridgehead atoms. The van der Waals surface area contributed by atoms with Crippen molar-refractivity contribution in [2.24, 2.45) is 5.16 Å². The quantitative estimate of drug-likeness (QED) is 0.253. The first-order valence-electron chi connectivity index (χ1n) is 9.16. The lowest BCUT2D eigenvalue weighted by molar-refractivity contribution is -0.136. The number of ether oxygens (including phenoxy) is 1. The van der Waals surface area contributed by atoms with Crippen LogP contribution in [0.25, 0.3) is 6.08 Å². The zero-order chi connectivity index (χ0) is 21.1. The highest BCUT2D eigenvalue weighted by molar-refractivity contribution is 6.32. The molecule has 1 aliphatic heterocycles. The predicted octanol–water partition coefficient (Wildman–Crippen LogP) is 5.21. The number of aryl methyl sites for hydroxylation is 1. The second kappa shape index (κ2) is 8.35. The summed E-state index contributed by atoms with van der Waals surface area (Å²) in [6.07, 6.45) is 1.67. The van der Waals surface area contributed by atoms with Crippen molar-refractivity contribution in [2.75, 3.05) is 0 Å². The first-order valence-corrected chi connectivity index (χ1v) is 9.54. The number of nitrogens with zero attached hydrogens (tertiary/aromatic N) is 1. The van der Waals surface area contributed by atoms with Crippen LogP contribution in [0.15, 0.2) is 83.5 Å². The Kier molecular flexibility index (Phi) is 5.46. The Morgan fingerprint density at radius 3 is 2.30 bits per heavy atom. The second-order valence-corrected chi connectivity index (χ2v) is 7.14. The summed E-state index contributed by atoms with van der Waals surface area (Å²) >= 11 is 5.92. The number of hydrogen-bond acceptors (Lipinski definition) is 5. The van der Waals surface area contributed by atoms with Gasteiger partial charge >= 0.3 is 11.9 Å². The summed E-state index contributed by atoms with van der Waals surface area (Å²) in [4.78, 5) is 29.2. The molecule has 30 heavy (non-hydrogen) atoms. The highest BCUT2D eigenvalue weighted by Gasteiger charge is 2.26. The predicted molar refractivity (Wildman–Crippen MR) is 115 cm³/mol. The molecule has 3 aromatic rings. The topological polar surface area (TPSA) is 65.0 Å². The van der Waals surface area contributed by atoms with Gasteiger partial charge in [-0.1, -0.05) is 58.7 Å². The molecule has 0 unspecified atom stereocenters. The third-order valence-electron chi connectivity index (χ3n) is 4.50. The standard InChI is InChI=1S/C24H16ClNO4/c1-15-2-6-18(7-3-15)23(27)29-20-12-4-16(5-13-20)14-21-22(26-30-24(21)28)17-8-10-19(25)11-9-17/h2-14H,1H3. The minimum atomic E-state index is -0.533. The molecule has 5 nitrogen and oxygen atoms in total. The van der Waals surface area contributed by atoms with Crippen molar-refractivity contribution in [3.05, 3.63) is 106 Å². The van der Waals surface area contributed by atoms with Crippen LogP contribution in [0.1, 0.15) is 27.0 Å². The van der Waals surface area contributed by atoms with Gasteiger partial charge in [-0.15, -0.1) is 0 Å². The van der Waals surface area contributed by atoms with E-state index in [9.17, 15) is 9.59 Å². The van der Waals surface area contributed by atoms with Crippen molar-refractivity contribution in [2.45, 2.75) is 6.92 Å². The fourth-order valence-electron chi connectivity index (χ4n) is 2.88. The van der Waals surface area contributed by atoms with E-state index in [2.05, 4.69) is 5.16 Å². The summed E-state index contributed by atoms with van der Waals surface area (Å²) in [5, 5.41) is 4.47. The summed E-state index contributed by atoms with van der Waals surface area (Å²) in [7, 11) is 0. The van der Waals surface area contributed by atoms with Crippen LogP contribution < -0.4 is 4.74 Å². The maximum absolute atomic E-state index is 12.2. The number of oxime groups is 1. The molecule has 0 atom stereocenters. The van der Waals surface area contributed by atoms with E-state index in [1.54, 1.807) is 66.7 Å². The number of rotatable bonds is 4. The molecular weight excluding hydrogens is 402 g/mol. The molecule has 0 fully saturated rings. The van der Waals surface area contributed by atoms with E-state index >= 15 is 0 Å². The van der Waals surface area contributed by atoms with E-state index in [0.29, 0.717) is 27.6 Å². The van der Waals surface area contributed by atoms with Crippen molar-refractivity contribution in [1.82, 2.24) is 0 Å². The number of benzene rings is 3. The van der Waals surface area contributed by atoms with E-state index in [1.807, 2.05) is 19.1 Å². The van der Waals surface area contributed by atoms with E-state index in [0.717, 1.165) is 16.7 Å². The van der Waals surface area contributed by atoms with Crippen molar-refractivity contribution in [1.29, 1.82) is 0 Å². The lowest BCUT2D eigenvalue weighted by Crippen LogP contribution is -2.08. The van der Waals surface area contributed by atoms with Crippen LogP contribution in [0.3, 0.4) is 0 Å². The van der Waals surface area contributed by atoms with Crippen molar-refractivity contribution >= 4 is 35.3 Å². The lowest BCUT2D eigenvalue weighted by Gasteiger charge is -2.05. The molecular formula is C24H16ClNO4. The Bertz CT molecular complexity index is 1160.